The van der Waals surface area contributed by atoms with Gasteiger partial charge >= 0.3 is 5.69 Å². The van der Waals surface area contributed by atoms with Gasteiger partial charge in [-0.3, -0.25) is 10.1 Å². The average Bonchev–Trinajstić information content (AvgIpc) is 2.33. The molecule has 0 bridgehead atoms. The summed E-state index contributed by atoms with van der Waals surface area (Å²) in [4.78, 5) is 10.6. The Morgan fingerprint density at radius 2 is 2.15 bits per heavy atom. The minimum absolute atomic E-state index is 0.0131. The van der Waals surface area contributed by atoms with Gasteiger partial charge in [0.05, 0.1) is 11.0 Å². The van der Waals surface area contributed by atoms with Gasteiger partial charge in [-0.15, -0.1) is 0 Å². The van der Waals surface area contributed by atoms with Crippen LogP contribution in [0.3, 0.4) is 0 Å². The maximum absolute atomic E-state index is 11.0. The number of ether oxygens (including phenoxy) is 1. The molecule has 110 valence electrons. The molecule has 1 saturated carbocycles. The van der Waals surface area contributed by atoms with E-state index < -0.39 is 4.92 Å². The van der Waals surface area contributed by atoms with E-state index in [9.17, 15) is 10.1 Å². The van der Waals surface area contributed by atoms with Crippen LogP contribution in [0.25, 0.3) is 0 Å². The number of nitrogens with zero attached hydrogens (tertiary/aromatic N) is 1. The molecule has 0 radical (unpaired) electrons. The van der Waals surface area contributed by atoms with E-state index in [2.05, 4.69) is 12.2 Å². The summed E-state index contributed by atoms with van der Waals surface area (Å²) in [6.07, 6.45) is 3.68. The predicted molar refractivity (Wildman–Crippen MR) is 79.3 cm³/mol. The Hall–Kier alpha value is -1.78. The van der Waals surface area contributed by atoms with Gasteiger partial charge < -0.3 is 10.1 Å². The van der Waals surface area contributed by atoms with E-state index in [0.717, 1.165) is 12.2 Å². The van der Waals surface area contributed by atoms with E-state index in [1.807, 2.05) is 13.8 Å². The summed E-state index contributed by atoms with van der Waals surface area (Å²) < 4.78 is 5.54. The molecule has 1 aliphatic rings. The van der Waals surface area contributed by atoms with Gasteiger partial charge in [-0.2, -0.15) is 0 Å². The third kappa shape index (κ3) is 3.40. The molecule has 0 atom stereocenters. The first-order valence-corrected chi connectivity index (χ1v) is 7.09. The third-order valence-corrected chi connectivity index (χ3v) is 3.80. The van der Waals surface area contributed by atoms with Crippen LogP contribution in [-0.4, -0.2) is 17.6 Å². The first kappa shape index (κ1) is 14.6. The van der Waals surface area contributed by atoms with Crippen molar-refractivity contribution < 1.29 is 9.66 Å². The van der Waals surface area contributed by atoms with E-state index in [1.165, 1.54) is 25.3 Å². The Kier molecular flexibility index (Phi) is 4.16. The lowest BCUT2D eigenvalue weighted by molar-refractivity contribution is -0.386. The van der Waals surface area contributed by atoms with Crippen LogP contribution in [0, 0.1) is 15.5 Å². The van der Waals surface area contributed by atoms with E-state index in [1.54, 1.807) is 12.1 Å². The van der Waals surface area contributed by atoms with Gasteiger partial charge in [0.1, 0.15) is 0 Å². The molecule has 0 aromatic heterocycles. The van der Waals surface area contributed by atoms with Crippen LogP contribution in [0.5, 0.6) is 5.75 Å². The topological polar surface area (TPSA) is 64.4 Å². The second-order valence-corrected chi connectivity index (χ2v) is 6.12. The SMILES string of the molecule is CC(C)Oc1cc(NCC2(C)CCC2)ccc1[N+](=O)[O-]. The van der Waals surface area contributed by atoms with Gasteiger partial charge in [0.25, 0.3) is 0 Å². The van der Waals surface area contributed by atoms with Crippen LogP contribution in [0.4, 0.5) is 11.4 Å². The highest BCUT2D eigenvalue weighted by atomic mass is 16.6. The van der Waals surface area contributed by atoms with Crippen molar-refractivity contribution in [2.75, 3.05) is 11.9 Å². The zero-order chi connectivity index (χ0) is 14.8. The molecular weight excluding hydrogens is 256 g/mol. The van der Waals surface area contributed by atoms with Crippen LogP contribution in [0.1, 0.15) is 40.0 Å². The lowest BCUT2D eigenvalue weighted by atomic mass is 9.70. The number of nitro groups is 1. The second kappa shape index (κ2) is 5.69. The standard InChI is InChI=1S/C15H22N2O3/c1-11(2)20-14-9-12(5-6-13(14)17(18)19)16-10-15(3)7-4-8-15/h5-6,9,11,16H,4,7-8,10H2,1-3H3. The fourth-order valence-corrected chi connectivity index (χ4v) is 2.40. The molecular formula is C15H22N2O3. The number of nitro benzene ring substituents is 1. The summed E-state index contributed by atoms with van der Waals surface area (Å²) >= 11 is 0. The monoisotopic (exact) mass is 278 g/mol. The minimum Gasteiger partial charge on any atom is -0.484 e. The lowest BCUT2D eigenvalue weighted by Gasteiger charge is -2.38. The van der Waals surface area contributed by atoms with Gasteiger partial charge in [0.15, 0.2) is 5.75 Å². The van der Waals surface area contributed by atoms with Gasteiger partial charge in [-0.05, 0) is 38.2 Å². The van der Waals surface area contributed by atoms with Crippen LogP contribution in [0.15, 0.2) is 18.2 Å². The summed E-state index contributed by atoms with van der Waals surface area (Å²) in [6, 6.07) is 4.97. The van der Waals surface area contributed by atoms with Crippen LogP contribution in [-0.2, 0) is 0 Å². The van der Waals surface area contributed by atoms with Gasteiger partial charge in [0.2, 0.25) is 0 Å². The van der Waals surface area contributed by atoms with E-state index in [4.69, 9.17) is 4.74 Å². The summed E-state index contributed by atoms with van der Waals surface area (Å²) in [7, 11) is 0. The molecule has 1 N–H and O–H groups in total. The average molecular weight is 278 g/mol. The molecule has 20 heavy (non-hydrogen) atoms. The third-order valence-electron chi connectivity index (χ3n) is 3.80. The molecule has 1 aromatic carbocycles. The fraction of sp³-hybridized carbons (Fsp3) is 0.600. The fourth-order valence-electron chi connectivity index (χ4n) is 2.40. The highest BCUT2D eigenvalue weighted by molar-refractivity contribution is 5.58. The minimum atomic E-state index is -0.408. The number of rotatable bonds is 6. The molecule has 2 rings (SSSR count). The Labute approximate surface area is 119 Å². The van der Waals surface area contributed by atoms with E-state index in [0.29, 0.717) is 11.2 Å². The summed E-state index contributed by atoms with van der Waals surface area (Å²) in [6.45, 7) is 6.88. The number of hydrogen-bond acceptors (Lipinski definition) is 4. The number of benzene rings is 1. The molecule has 1 fully saturated rings. The molecule has 5 heteroatoms. The zero-order valence-corrected chi connectivity index (χ0v) is 12.3. The van der Waals surface area contributed by atoms with Gasteiger partial charge in [-0.1, -0.05) is 13.3 Å². The molecule has 0 saturated heterocycles. The lowest BCUT2D eigenvalue weighted by Crippen LogP contribution is -2.33. The Bertz CT molecular complexity index is 496. The summed E-state index contributed by atoms with van der Waals surface area (Å²) in [5.74, 6) is 0.328. The Morgan fingerprint density at radius 1 is 1.45 bits per heavy atom. The molecule has 0 amide bonds. The smallest absolute Gasteiger partial charge is 0.311 e. The van der Waals surface area contributed by atoms with Crippen molar-refractivity contribution in [3.05, 3.63) is 28.3 Å². The van der Waals surface area contributed by atoms with E-state index >= 15 is 0 Å². The molecule has 1 aliphatic carbocycles. The Morgan fingerprint density at radius 3 is 2.65 bits per heavy atom. The molecule has 0 aliphatic heterocycles. The van der Waals surface area contributed by atoms with Crippen molar-refractivity contribution in [3.8, 4) is 5.75 Å². The quantitative estimate of drug-likeness (QED) is 0.631. The zero-order valence-electron chi connectivity index (χ0n) is 12.3. The number of hydrogen-bond donors (Lipinski definition) is 1. The largest absolute Gasteiger partial charge is 0.484 e. The van der Waals surface area contributed by atoms with E-state index in [-0.39, 0.29) is 11.8 Å². The molecule has 0 unspecified atom stereocenters. The first-order chi connectivity index (χ1) is 9.39. The highest BCUT2D eigenvalue weighted by Crippen LogP contribution is 2.40. The molecule has 1 aromatic rings. The normalized spacial score (nSPS) is 16.6. The highest BCUT2D eigenvalue weighted by Gasteiger charge is 2.31. The number of nitrogens with one attached hydrogen (secondary N) is 1. The van der Waals surface area contributed by atoms with Crippen molar-refractivity contribution in [1.29, 1.82) is 0 Å². The summed E-state index contributed by atoms with van der Waals surface area (Å²) in [5, 5.41) is 14.4. The van der Waals surface area contributed by atoms with Gasteiger partial charge in [-0.25, -0.2) is 0 Å². The van der Waals surface area contributed by atoms with Crippen molar-refractivity contribution in [1.82, 2.24) is 0 Å². The van der Waals surface area contributed by atoms with Crippen molar-refractivity contribution >= 4 is 11.4 Å². The maximum atomic E-state index is 11.0. The number of anilines is 1. The predicted octanol–water partition coefficient (Wildman–Crippen LogP) is 3.98. The van der Waals surface area contributed by atoms with Crippen molar-refractivity contribution in [3.63, 3.8) is 0 Å². The second-order valence-electron chi connectivity index (χ2n) is 6.12. The molecule has 0 spiro atoms. The first-order valence-electron chi connectivity index (χ1n) is 7.09. The van der Waals surface area contributed by atoms with Gasteiger partial charge in [0, 0.05) is 24.4 Å². The molecule has 5 nitrogen and oxygen atoms in total. The van der Waals surface area contributed by atoms with Crippen molar-refractivity contribution in [2.45, 2.75) is 46.1 Å². The van der Waals surface area contributed by atoms with Crippen LogP contribution >= 0.6 is 0 Å². The van der Waals surface area contributed by atoms with Crippen LogP contribution in [0.2, 0.25) is 0 Å². The van der Waals surface area contributed by atoms with Crippen molar-refractivity contribution in [2.24, 2.45) is 5.41 Å². The Balaban J connectivity index is 2.11. The van der Waals surface area contributed by atoms with Crippen LogP contribution < -0.4 is 10.1 Å². The maximum Gasteiger partial charge on any atom is 0.311 e. The molecule has 0 heterocycles. The summed E-state index contributed by atoms with van der Waals surface area (Å²) in [5.41, 5.74) is 1.25.